The Hall–Kier alpha value is 0.270. The first-order valence-electron chi connectivity index (χ1n) is 4.80. The van der Waals surface area contributed by atoms with E-state index in [0.717, 1.165) is 12.8 Å². The first-order chi connectivity index (χ1) is 5.79. The molecule has 0 radical (unpaired) electrons. The van der Waals surface area contributed by atoms with Crippen LogP contribution in [0.4, 0.5) is 0 Å². The Balaban J connectivity index is 2.88. The predicted molar refractivity (Wildman–Crippen MR) is 57.4 cm³/mol. The first kappa shape index (κ1) is 11.3. The molecule has 1 rings (SSSR count). The van der Waals surface area contributed by atoms with Crippen molar-refractivity contribution in [2.45, 2.75) is 56.9 Å². The first-order valence-corrected chi connectivity index (χ1v) is 5.27. The number of hydrogen-bond donors (Lipinski definition) is 0. The van der Waals surface area contributed by atoms with Gasteiger partial charge in [-0.2, -0.15) is 10.3 Å². The van der Waals surface area contributed by atoms with Crippen molar-refractivity contribution < 1.29 is 4.84 Å². The lowest BCUT2D eigenvalue weighted by Gasteiger charge is -2.55. The van der Waals surface area contributed by atoms with E-state index in [2.05, 4.69) is 32.8 Å². The van der Waals surface area contributed by atoms with Crippen molar-refractivity contribution in [3.63, 3.8) is 0 Å². The molecule has 13 heavy (non-hydrogen) atoms. The molecule has 0 saturated carbocycles. The number of rotatable bonds is 1. The molecule has 1 fully saturated rings. The van der Waals surface area contributed by atoms with Crippen LogP contribution in [0.15, 0.2) is 0 Å². The van der Waals surface area contributed by atoms with Gasteiger partial charge in [0.1, 0.15) is 0 Å². The highest BCUT2D eigenvalue weighted by atomic mass is 32.1. The molecule has 0 aromatic carbocycles. The van der Waals surface area contributed by atoms with Crippen molar-refractivity contribution in [2.75, 3.05) is 7.11 Å². The van der Waals surface area contributed by atoms with Crippen molar-refractivity contribution in [1.82, 2.24) is 5.06 Å². The van der Waals surface area contributed by atoms with Gasteiger partial charge < -0.3 is 17.5 Å². The van der Waals surface area contributed by atoms with Gasteiger partial charge in [0.25, 0.3) is 0 Å². The van der Waals surface area contributed by atoms with Gasteiger partial charge >= 0.3 is 0 Å². The Morgan fingerprint density at radius 3 is 1.85 bits per heavy atom. The normalized spacial score (nSPS) is 29.1. The fourth-order valence-corrected chi connectivity index (χ4v) is 3.48. The molecule has 0 amide bonds. The van der Waals surface area contributed by atoms with Gasteiger partial charge in [-0.3, -0.25) is 0 Å². The van der Waals surface area contributed by atoms with Crippen LogP contribution in [0.5, 0.6) is 0 Å². The molecule has 78 valence electrons. The third kappa shape index (κ3) is 2.20. The second-order valence-electron chi connectivity index (χ2n) is 5.13. The van der Waals surface area contributed by atoms with Crippen molar-refractivity contribution in [3.05, 3.63) is 0 Å². The third-order valence-corrected chi connectivity index (χ3v) is 3.07. The highest BCUT2D eigenvalue weighted by molar-refractivity contribution is 7.59. The highest BCUT2D eigenvalue weighted by Crippen LogP contribution is 2.38. The van der Waals surface area contributed by atoms with Gasteiger partial charge in [-0.1, -0.05) is 12.8 Å². The van der Waals surface area contributed by atoms with Crippen molar-refractivity contribution in [3.8, 4) is 0 Å². The van der Waals surface area contributed by atoms with Gasteiger partial charge in [0.05, 0.1) is 7.11 Å². The van der Waals surface area contributed by atoms with E-state index in [1.807, 2.05) is 0 Å². The predicted octanol–water partition coefficient (Wildman–Crippen LogP) is 2.12. The number of hydrogen-bond acceptors (Lipinski definition) is 3. The van der Waals surface area contributed by atoms with Crippen LogP contribution in [-0.4, -0.2) is 28.5 Å². The Morgan fingerprint density at radius 2 is 1.54 bits per heavy atom. The molecule has 0 aromatic heterocycles. The van der Waals surface area contributed by atoms with Crippen LogP contribution < -0.4 is 0 Å². The number of hydroxylamine groups is 2. The molecule has 0 atom stereocenters. The van der Waals surface area contributed by atoms with Gasteiger partial charge in [-0.15, -0.1) is 0 Å². The molecule has 3 heteroatoms. The minimum Gasteiger partial charge on any atom is -0.789 e. The molecule has 1 aliphatic heterocycles. The molecule has 0 bridgehead atoms. The molecule has 1 saturated heterocycles. The van der Waals surface area contributed by atoms with E-state index in [4.69, 9.17) is 17.5 Å². The average Bonchev–Trinajstić information content (AvgIpc) is 1.79. The second-order valence-corrected chi connectivity index (χ2v) is 5.80. The zero-order chi connectivity index (χ0) is 10.3. The van der Waals surface area contributed by atoms with E-state index in [0.29, 0.717) is 5.25 Å². The van der Waals surface area contributed by atoms with Crippen molar-refractivity contribution in [2.24, 2.45) is 0 Å². The Morgan fingerprint density at radius 1 is 1.15 bits per heavy atom. The maximum absolute atomic E-state index is 5.46. The second kappa shape index (κ2) is 3.44. The lowest BCUT2D eigenvalue weighted by Crippen LogP contribution is -2.60. The quantitative estimate of drug-likeness (QED) is 0.604. The molecule has 1 heterocycles. The summed E-state index contributed by atoms with van der Waals surface area (Å²) in [6.45, 7) is 8.76. The summed E-state index contributed by atoms with van der Waals surface area (Å²) in [5.74, 6) is 0. The molecule has 0 N–H and O–H groups in total. The number of nitrogens with zero attached hydrogens (tertiary/aromatic N) is 1. The standard InChI is InChI=1S/C10H21NOS/c1-9(2)6-8(13)7-10(3,4)11(9)12-5/h8,13H,6-7H2,1-5H3/p-1. The SMILES string of the molecule is CON1C(C)(C)CC([S-])CC1(C)C. The summed E-state index contributed by atoms with van der Waals surface area (Å²) >= 11 is 5.41. The summed E-state index contributed by atoms with van der Waals surface area (Å²) in [4.78, 5) is 5.46. The number of piperidine rings is 1. The van der Waals surface area contributed by atoms with E-state index in [1.54, 1.807) is 7.11 Å². The maximum Gasteiger partial charge on any atom is 0.0575 e. The van der Waals surface area contributed by atoms with Gasteiger partial charge in [-0.25, -0.2) is 0 Å². The molecular formula is C10H20NOS-. The van der Waals surface area contributed by atoms with Gasteiger partial charge in [0.15, 0.2) is 0 Å². The monoisotopic (exact) mass is 202 g/mol. The summed E-state index contributed by atoms with van der Waals surface area (Å²) in [5.41, 5.74) is 0.117. The fraction of sp³-hybridized carbons (Fsp3) is 1.00. The van der Waals surface area contributed by atoms with Crippen LogP contribution in [-0.2, 0) is 17.5 Å². The summed E-state index contributed by atoms with van der Waals surface area (Å²) in [7, 11) is 1.74. The lowest BCUT2D eigenvalue weighted by molar-refractivity contribution is -0.262. The summed E-state index contributed by atoms with van der Waals surface area (Å²) < 4.78 is 0. The summed E-state index contributed by atoms with van der Waals surface area (Å²) in [6, 6.07) is 0. The Kier molecular flexibility index (Phi) is 3.01. The minimum atomic E-state index is 0.0584. The Bertz CT molecular complexity index is 173. The molecule has 0 aliphatic carbocycles. The van der Waals surface area contributed by atoms with E-state index in [-0.39, 0.29) is 11.1 Å². The van der Waals surface area contributed by atoms with Crippen LogP contribution in [0.2, 0.25) is 0 Å². The van der Waals surface area contributed by atoms with Crippen molar-refractivity contribution in [1.29, 1.82) is 0 Å². The van der Waals surface area contributed by atoms with Crippen LogP contribution in [0.3, 0.4) is 0 Å². The lowest BCUT2D eigenvalue weighted by atomic mass is 9.82. The zero-order valence-corrected chi connectivity index (χ0v) is 10.1. The van der Waals surface area contributed by atoms with Gasteiger partial charge in [-0.05, 0) is 27.7 Å². The molecule has 0 aromatic rings. The van der Waals surface area contributed by atoms with E-state index in [1.165, 1.54) is 0 Å². The molecule has 1 aliphatic rings. The summed E-state index contributed by atoms with van der Waals surface area (Å²) in [6.07, 6.45) is 2.05. The minimum absolute atomic E-state index is 0.0584. The van der Waals surface area contributed by atoms with Crippen LogP contribution in [0, 0.1) is 0 Å². The van der Waals surface area contributed by atoms with Crippen LogP contribution >= 0.6 is 0 Å². The average molecular weight is 202 g/mol. The van der Waals surface area contributed by atoms with Crippen LogP contribution in [0.1, 0.15) is 40.5 Å². The topological polar surface area (TPSA) is 12.5 Å². The van der Waals surface area contributed by atoms with Gasteiger partial charge in [0.2, 0.25) is 0 Å². The van der Waals surface area contributed by atoms with E-state index >= 15 is 0 Å². The zero-order valence-electron chi connectivity index (χ0n) is 9.26. The smallest absolute Gasteiger partial charge is 0.0575 e. The van der Waals surface area contributed by atoms with Crippen LogP contribution in [0.25, 0.3) is 0 Å². The maximum atomic E-state index is 5.46. The van der Waals surface area contributed by atoms with E-state index in [9.17, 15) is 0 Å². The van der Waals surface area contributed by atoms with Crippen molar-refractivity contribution >= 4 is 12.6 Å². The fourth-order valence-electron chi connectivity index (χ4n) is 2.67. The highest BCUT2D eigenvalue weighted by Gasteiger charge is 2.42. The van der Waals surface area contributed by atoms with Gasteiger partial charge in [0, 0.05) is 11.1 Å². The third-order valence-electron chi connectivity index (χ3n) is 2.74. The largest absolute Gasteiger partial charge is 0.789 e. The molecule has 0 unspecified atom stereocenters. The Labute approximate surface area is 87.0 Å². The molecule has 0 spiro atoms. The molecular weight excluding hydrogens is 182 g/mol. The summed E-state index contributed by atoms with van der Waals surface area (Å²) in [5, 5.41) is 2.46. The molecule has 2 nitrogen and oxygen atoms in total. The van der Waals surface area contributed by atoms with E-state index < -0.39 is 0 Å².